The summed E-state index contributed by atoms with van der Waals surface area (Å²) >= 11 is 10.5. The van der Waals surface area contributed by atoms with Gasteiger partial charge in [-0.15, -0.1) is 11.3 Å². The number of carbonyl (C=O) groups excluding carboxylic acids is 3. The van der Waals surface area contributed by atoms with Crippen LogP contribution in [-0.4, -0.2) is 60.2 Å². The van der Waals surface area contributed by atoms with Crippen LogP contribution in [0.2, 0.25) is 5.02 Å². The average molecular weight is 489 g/mol. The lowest BCUT2D eigenvalue weighted by atomic mass is 10.1. The Morgan fingerprint density at radius 1 is 1.11 bits per heavy atom. The third-order valence-corrected chi connectivity index (χ3v) is 6.21. The third kappa shape index (κ3) is 4.89. The highest BCUT2D eigenvalue weighted by Gasteiger charge is 2.26. The minimum Gasteiger partial charge on any atom is -0.342 e. The van der Waals surface area contributed by atoms with E-state index < -0.39 is 5.82 Å². The minimum atomic E-state index is -0.506. The number of hydrogen-bond donors (Lipinski definition) is 1. The normalized spacial score (nSPS) is 14.1. The highest BCUT2D eigenvalue weighted by molar-refractivity contribution is 9.11. The zero-order valence-corrected chi connectivity index (χ0v) is 17.7. The van der Waals surface area contributed by atoms with E-state index in [1.165, 1.54) is 23.5 Å². The second kappa shape index (κ2) is 9.02. The summed E-state index contributed by atoms with van der Waals surface area (Å²) in [5.74, 6) is -1.32. The summed E-state index contributed by atoms with van der Waals surface area (Å²) in [5, 5.41) is 2.67. The van der Waals surface area contributed by atoms with Crippen LogP contribution in [0.1, 0.15) is 20.0 Å². The summed E-state index contributed by atoms with van der Waals surface area (Å²) in [7, 11) is 0. The maximum Gasteiger partial charge on any atom is 0.261 e. The van der Waals surface area contributed by atoms with Crippen molar-refractivity contribution in [3.05, 3.63) is 55.4 Å². The second-order valence-corrected chi connectivity index (χ2v) is 8.95. The van der Waals surface area contributed by atoms with Crippen molar-refractivity contribution in [3.8, 4) is 0 Å². The molecule has 3 rings (SSSR count). The average Bonchev–Trinajstić information content (AvgIpc) is 3.12. The van der Waals surface area contributed by atoms with Crippen LogP contribution in [0.3, 0.4) is 0 Å². The van der Waals surface area contributed by atoms with E-state index in [1.54, 1.807) is 21.9 Å². The Balaban J connectivity index is 1.49. The van der Waals surface area contributed by atoms with Gasteiger partial charge in [-0.2, -0.15) is 0 Å². The molecule has 1 aliphatic heterocycles. The lowest BCUT2D eigenvalue weighted by Crippen LogP contribution is -2.52. The number of rotatable bonds is 4. The Bertz CT molecular complexity index is 915. The maximum absolute atomic E-state index is 13.1. The van der Waals surface area contributed by atoms with Crippen molar-refractivity contribution in [2.75, 3.05) is 32.7 Å². The van der Waals surface area contributed by atoms with Crippen molar-refractivity contribution in [3.63, 3.8) is 0 Å². The first kappa shape index (κ1) is 20.8. The smallest absolute Gasteiger partial charge is 0.261 e. The Labute approximate surface area is 178 Å². The summed E-state index contributed by atoms with van der Waals surface area (Å²) < 4.78 is 14.0. The summed E-state index contributed by atoms with van der Waals surface area (Å²) in [6.45, 7) is 1.27. The molecule has 0 aliphatic carbocycles. The number of hydrogen-bond acceptors (Lipinski definition) is 4. The molecule has 0 saturated carbocycles. The minimum absolute atomic E-state index is 0.0615. The van der Waals surface area contributed by atoms with E-state index in [0.717, 1.165) is 9.85 Å². The third-order valence-electron chi connectivity index (χ3n) is 4.28. The zero-order chi connectivity index (χ0) is 20.3. The van der Waals surface area contributed by atoms with Crippen LogP contribution in [0.15, 0.2) is 34.1 Å². The quantitative estimate of drug-likeness (QED) is 0.719. The van der Waals surface area contributed by atoms with Gasteiger partial charge in [0.15, 0.2) is 0 Å². The standard InChI is InChI=1S/C18H16BrClFN3O3S/c19-15-4-3-14(28-15)17(26)22-10-16(25)23-5-7-24(8-6-23)18(27)12-2-1-11(21)9-13(12)20/h1-4,9H,5-8,10H2,(H,22,26). The van der Waals surface area contributed by atoms with Gasteiger partial charge in [-0.25, -0.2) is 4.39 Å². The maximum atomic E-state index is 13.1. The van der Waals surface area contributed by atoms with Crippen LogP contribution in [0.4, 0.5) is 4.39 Å². The van der Waals surface area contributed by atoms with Gasteiger partial charge in [0, 0.05) is 26.2 Å². The molecule has 0 atom stereocenters. The molecule has 2 heterocycles. The molecule has 2 aromatic rings. The van der Waals surface area contributed by atoms with Crippen LogP contribution in [-0.2, 0) is 4.79 Å². The van der Waals surface area contributed by atoms with E-state index in [0.29, 0.717) is 31.1 Å². The Hall–Kier alpha value is -1.97. The molecule has 148 valence electrons. The summed E-state index contributed by atoms with van der Waals surface area (Å²) in [5.41, 5.74) is 0.234. The fraction of sp³-hybridized carbons (Fsp3) is 0.278. The lowest BCUT2D eigenvalue weighted by molar-refractivity contribution is -0.131. The molecular weight excluding hydrogens is 473 g/mol. The van der Waals surface area contributed by atoms with Crippen LogP contribution in [0.25, 0.3) is 0 Å². The van der Waals surface area contributed by atoms with Crippen LogP contribution in [0, 0.1) is 5.82 Å². The van der Waals surface area contributed by atoms with Crippen molar-refractivity contribution in [2.45, 2.75) is 0 Å². The fourth-order valence-corrected chi connectivity index (χ4v) is 4.33. The molecule has 1 N–H and O–H groups in total. The zero-order valence-electron chi connectivity index (χ0n) is 14.6. The number of halogens is 3. The fourth-order valence-electron chi connectivity index (χ4n) is 2.78. The number of amides is 3. The Kier molecular flexibility index (Phi) is 6.69. The van der Waals surface area contributed by atoms with Gasteiger partial charge in [-0.05, 0) is 46.3 Å². The SMILES string of the molecule is O=C(NCC(=O)N1CCN(C(=O)c2ccc(F)cc2Cl)CC1)c1ccc(Br)s1. The van der Waals surface area contributed by atoms with Crippen LogP contribution < -0.4 is 5.32 Å². The number of nitrogens with zero attached hydrogens (tertiary/aromatic N) is 2. The van der Waals surface area contributed by atoms with Gasteiger partial charge in [0.1, 0.15) is 5.82 Å². The molecule has 0 radical (unpaired) electrons. The molecule has 10 heteroatoms. The van der Waals surface area contributed by atoms with Crippen molar-refractivity contribution in [1.29, 1.82) is 0 Å². The first-order valence-electron chi connectivity index (χ1n) is 8.41. The number of thiophene rings is 1. The van der Waals surface area contributed by atoms with E-state index in [-0.39, 0.29) is 34.9 Å². The molecule has 1 aliphatic rings. The number of carbonyl (C=O) groups is 3. The van der Waals surface area contributed by atoms with Gasteiger partial charge >= 0.3 is 0 Å². The van der Waals surface area contributed by atoms with Gasteiger partial charge in [-0.1, -0.05) is 11.6 Å². The molecule has 3 amide bonds. The van der Waals surface area contributed by atoms with Crippen molar-refractivity contribution >= 4 is 56.6 Å². The topological polar surface area (TPSA) is 69.7 Å². The summed E-state index contributed by atoms with van der Waals surface area (Å²) in [6, 6.07) is 7.09. The van der Waals surface area contributed by atoms with E-state index in [2.05, 4.69) is 21.2 Å². The van der Waals surface area contributed by atoms with E-state index in [4.69, 9.17) is 11.6 Å². The Morgan fingerprint density at radius 3 is 2.39 bits per heavy atom. The van der Waals surface area contributed by atoms with E-state index in [1.807, 2.05) is 0 Å². The van der Waals surface area contributed by atoms with Crippen molar-refractivity contribution in [2.24, 2.45) is 0 Å². The first-order chi connectivity index (χ1) is 13.3. The van der Waals surface area contributed by atoms with E-state index in [9.17, 15) is 18.8 Å². The lowest BCUT2D eigenvalue weighted by Gasteiger charge is -2.35. The molecule has 6 nitrogen and oxygen atoms in total. The first-order valence-corrected chi connectivity index (χ1v) is 10.4. The number of piperazine rings is 1. The van der Waals surface area contributed by atoms with Gasteiger partial charge < -0.3 is 15.1 Å². The molecule has 1 aromatic carbocycles. The predicted molar refractivity (Wildman–Crippen MR) is 108 cm³/mol. The largest absolute Gasteiger partial charge is 0.342 e. The highest BCUT2D eigenvalue weighted by atomic mass is 79.9. The second-order valence-electron chi connectivity index (χ2n) is 6.08. The molecule has 1 saturated heterocycles. The summed E-state index contributed by atoms with van der Waals surface area (Å²) in [6.07, 6.45) is 0. The van der Waals surface area contributed by atoms with Crippen LogP contribution >= 0.6 is 38.9 Å². The van der Waals surface area contributed by atoms with Gasteiger partial charge in [-0.3, -0.25) is 14.4 Å². The Morgan fingerprint density at radius 2 is 1.79 bits per heavy atom. The van der Waals surface area contributed by atoms with Crippen LogP contribution in [0.5, 0.6) is 0 Å². The van der Waals surface area contributed by atoms with Crippen molar-refractivity contribution < 1.29 is 18.8 Å². The van der Waals surface area contributed by atoms with Gasteiger partial charge in [0.2, 0.25) is 5.91 Å². The molecule has 0 spiro atoms. The predicted octanol–water partition coefficient (Wildman–Crippen LogP) is 3.02. The highest BCUT2D eigenvalue weighted by Crippen LogP contribution is 2.22. The molecular formula is C18H16BrClFN3O3S. The van der Waals surface area contributed by atoms with Gasteiger partial charge in [0.25, 0.3) is 11.8 Å². The molecule has 0 unspecified atom stereocenters. The molecule has 1 fully saturated rings. The van der Waals surface area contributed by atoms with E-state index >= 15 is 0 Å². The number of benzene rings is 1. The summed E-state index contributed by atoms with van der Waals surface area (Å²) in [4.78, 5) is 40.6. The molecule has 1 aromatic heterocycles. The number of nitrogens with one attached hydrogen (secondary N) is 1. The molecule has 28 heavy (non-hydrogen) atoms. The van der Waals surface area contributed by atoms with Gasteiger partial charge in [0.05, 0.1) is 25.8 Å². The monoisotopic (exact) mass is 487 g/mol. The molecule has 0 bridgehead atoms. The van der Waals surface area contributed by atoms with Crippen molar-refractivity contribution in [1.82, 2.24) is 15.1 Å².